The number of rotatable bonds is 1. The van der Waals surface area contributed by atoms with Crippen molar-refractivity contribution in [3.8, 4) is 0 Å². The molecule has 0 fully saturated rings. The molecule has 0 radical (unpaired) electrons. The number of carbonyl (C=O) groups is 1. The lowest BCUT2D eigenvalue weighted by Crippen LogP contribution is -1.86. The van der Waals surface area contributed by atoms with E-state index in [1.807, 2.05) is 0 Å². The molecular weight excluding hydrogens is 107 g/mol. The molecule has 0 aliphatic carbocycles. The molecule has 0 aliphatic heterocycles. The van der Waals surface area contributed by atoms with Gasteiger partial charge in [0, 0.05) is 0 Å². The first-order valence-electron chi connectivity index (χ1n) is 0.997. The Morgan fingerprint density at radius 3 is 2.33 bits per heavy atom. The van der Waals surface area contributed by atoms with Gasteiger partial charge in [-0.3, -0.25) is 0 Å². The van der Waals surface area contributed by atoms with Crippen LogP contribution in [0.2, 0.25) is 0 Å². The summed E-state index contributed by atoms with van der Waals surface area (Å²) in [6, 6.07) is 0. The van der Waals surface area contributed by atoms with E-state index in [9.17, 15) is 4.79 Å². The molecular formula is CHO4P. The highest BCUT2D eigenvalue weighted by Crippen LogP contribution is 1.91. The second-order valence-corrected chi connectivity index (χ2v) is 0.763. The predicted octanol–water partition coefficient (Wildman–Crippen LogP) is 0.888. The summed E-state index contributed by atoms with van der Waals surface area (Å²) >= 11 is 0. The van der Waals surface area contributed by atoms with E-state index in [-0.39, 0.29) is 0 Å². The van der Waals surface area contributed by atoms with E-state index in [0.717, 1.165) is 0 Å². The maximum atomic E-state index is 9.17. The largest absolute Gasteiger partial charge is 0.516 e. The van der Waals surface area contributed by atoms with Gasteiger partial charge in [0.2, 0.25) is 0 Å². The second-order valence-electron chi connectivity index (χ2n) is 0.432. The lowest BCUT2D eigenvalue weighted by Gasteiger charge is -1.75. The van der Waals surface area contributed by atoms with Crippen molar-refractivity contribution in [3.63, 3.8) is 0 Å². The van der Waals surface area contributed by atoms with Crippen LogP contribution in [0, 0.1) is 0 Å². The van der Waals surface area contributed by atoms with Crippen LogP contribution in [0.5, 0.6) is 0 Å². The van der Waals surface area contributed by atoms with Crippen molar-refractivity contribution in [3.05, 3.63) is 0 Å². The molecule has 0 rings (SSSR count). The summed E-state index contributed by atoms with van der Waals surface area (Å²) in [4.78, 5) is 9.17. The van der Waals surface area contributed by atoms with Gasteiger partial charge in [0.25, 0.3) is 0 Å². The van der Waals surface area contributed by atoms with Crippen molar-refractivity contribution in [2.45, 2.75) is 0 Å². The highest BCUT2D eigenvalue weighted by molar-refractivity contribution is 7.18. The third kappa shape index (κ3) is 3.37. The number of hydrogen-bond acceptors (Lipinski definition) is 3. The fraction of sp³-hybridized carbons (Fsp3) is 0. The van der Waals surface area contributed by atoms with E-state index in [1.54, 1.807) is 0 Å². The molecule has 1 N–H and O–H groups in total. The summed E-state index contributed by atoms with van der Waals surface area (Å²) < 4.78 is 12.5. The molecule has 0 spiro atoms. The van der Waals surface area contributed by atoms with E-state index in [1.165, 1.54) is 0 Å². The van der Waals surface area contributed by atoms with Gasteiger partial charge >= 0.3 is 14.8 Å². The normalized spacial score (nSPS) is 8.00. The Hall–Kier alpha value is -0.630. The van der Waals surface area contributed by atoms with Crippen molar-refractivity contribution in [2.75, 3.05) is 0 Å². The van der Waals surface area contributed by atoms with Gasteiger partial charge in [0.05, 0.1) is 0 Å². The van der Waals surface area contributed by atoms with Crippen LogP contribution in [0.4, 0.5) is 4.79 Å². The Morgan fingerprint density at radius 2 is 2.33 bits per heavy atom. The van der Waals surface area contributed by atoms with Crippen LogP contribution in [0.15, 0.2) is 0 Å². The Bertz CT molecular complexity index is 67.9. The monoisotopic (exact) mass is 108 g/mol. The van der Waals surface area contributed by atoms with Gasteiger partial charge < -0.3 is 9.63 Å². The van der Waals surface area contributed by atoms with Gasteiger partial charge in [-0.1, -0.05) is 0 Å². The molecule has 0 aromatic heterocycles. The molecule has 6 heavy (non-hydrogen) atoms. The summed E-state index contributed by atoms with van der Waals surface area (Å²) in [5.74, 6) is 0. The minimum Gasteiger partial charge on any atom is -0.449 e. The van der Waals surface area contributed by atoms with E-state index in [4.69, 9.17) is 9.67 Å². The van der Waals surface area contributed by atoms with Crippen molar-refractivity contribution in [1.82, 2.24) is 0 Å². The van der Waals surface area contributed by atoms with E-state index in [0.29, 0.717) is 0 Å². The third-order valence-corrected chi connectivity index (χ3v) is 0.346. The van der Waals surface area contributed by atoms with Gasteiger partial charge in [-0.05, 0) is 0 Å². The summed E-state index contributed by atoms with van der Waals surface area (Å²) in [6.07, 6.45) is -1.54. The molecule has 0 bridgehead atoms. The van der Waals surface area contributed by atoms with E-state index in [2.05, 4.69) is 4.52 Å². The summed E-state index contributed by atoms with van der Waals surface area (Å²) in [5.41, 5.74) is 0. The second kappa shape index (κ2) is 2.60. The lowest BCUT2D eigenvalue weighted by molar-refractivity contribution is 0.149. The van der Waals surface area contributed by atoms with Crippen LogP contribution in [-0.2, 0) is 9.09 Å². The Kier molecular flexibility index (Phi) is 2.33. The van der Waals surface area contributed by atoms with Crippen LogP contribution >= 0.6 is 8.69 Å². The van der Waals surface area contributed by atoms with Gasteiger partial charge in [-0.2, -0.15) is 0 Å². The predicted molar refractivity (Wildman–Crippen MR) is 16.7 cm³/mol. The van der Waals surface area contributed by atoms with E-state index < -0.39 is 14.8 Å². The minimum absolute atomic E-state index is 0.826. The van der Waals surface area contributed by atoms with Gasteiger partial charge in [0.1, 0.15) is 0 Å². The van der Waals surface area contributed by atoms with Crippen LogP contribution in [0.3, 0.4) is 0 Å². The number of hydrogen-bond donors (Lipinski definition) is 1. The van der Waals surface area contributed by atoms with Crippen molar-refractivity contribution >= 4 is 14.8 Å². The average Bonchev–Trinajstić information content (AvgIpc) is 1.35. The molecule has 0 amide bonds. The molecule has 0 saturated carbocycles. The summed E-state index contributed by atoms with van der Waals surface area (Å²) in [5, 5.41) is 7.48. The molecule has 0 heterocycles. The molecule has 34 valence electrons. The SMILES string of the molecule is O=POC(=O)O. The smallest absolute Gasteiger partial charge is 0.449 e. The van der Waals surface area contributed by atoms with Crippen LogP contribution in [-0.4, -0.2) is 11.3 Å². The highest BCUT2D eigenvalue weighted by atomic mass is 31.1. The molecule has 0 unspecified atom stereocenters. The molecule has 0 aromatic rings. The van der Waals surface area contributed by atoms with Gasteiger partial charge in [-0.15, -0.1) is 0 Å². The molecule has 4 nitrogen and oxygen atoms in total. The first-order chi connectivity index (χ1) is 2.77. The summed E-state index contributed by atoms with van der Waals surface area (Å²) in [6.45, 7) is 0. The maximum absolute atomic E-state index is 9.17. The van der Waals surface area contributed by atoms with Gasteiger partial charge in [0.15, 0.2) is 0 Å². The van der Waals surface area contributed by atoms with Crippen molar-refractivity contribution < 1.29 is 19.0 Å². The fourth-order valence-electron chi connectivity index (χ4n) is 0.0319. The zero-order valence-corrected chi connectivity index (χ0v) is 3.51. The third-order valence-electron chi connectivity index (χ3n) is 0.115. The van der Waals surface area contributed by atoms with Crippen molar-refractivity contribution in [1.29, 1.82) is 0 Å². The van der Waals surface area contributed by atoms with Crippen LogP contribution in [0.1, 0.15) is 0 Å². The van der Waals surface area contributed by atoms with Crippen LogP contribution in [0.25, 0.3) is 0 Å². The Balaban J connectivity index is 3.05. The quantitative estimate of drug-likeness (QED) is 0.506. The van der Waals surface area contributed by atoms with E-state index >= 15 is 0 Å². The van der Waals surface area contributed by atoms with Crippen molar-refractivity contribution in [2.24, 2.45) is 0 Å². The molecule has 0 aromatic carbocycles. The minimum atomic E-state index is -1.54. The first kappa shape index (κ1) is 5.37. The zero-order chi connectivity index (χ0) is 4.99. The molecule has 5 heteroatoms. The van der Waals surface area contributed by atoms with Gasteiger partial charge in [-0.25, -0.2) is 9.36 Å². The molecule has 0 atom stereocenters. The Labute approximate surface area is 35.0 Å². The first-order valence-corrected chi connectivity index (χ1v) is 1.73. The van der Waals surface area contributed by atoms with Crippen LogP contribution < -0.4 is 0 Å². The topological polar surface area (TPSA) is 63.6 Å². The summed E-state index contributed by atoms with van der Waals surface area (Å²) in [7, 11) is -0.826. The Morgan fingerprint density at radius 1 is 1.83 bits per heavy atom. The fourth-order valence-corrected chi connectivity index (χ4v) is 0.0956. The molecule has 0 aliphatic rings. The zero-order valence-electron chi connectivity index (χ0n) is 2.62. The lowest BCUT2D eigenvalue weighted by atomic mass is 11.5. The maximum Gasteiger partial charge on any atom is 0.516 e. The average molecular weight is 108 g/mol. The highest BCUT2D eigenvalue weighted by Gasteiger charge is 1.89. The standard InChI is InChI=1S/CHO4P/c2-1(3)5-6-4/h(H,2,3). The molecule has 0 saturated heterocycles. The number of carboxylic acid groups (broad SMARTS) is 1.